The number of anilines is 1. The Kier molecular flexibility index (Phi) is 3.57. The SMILES string of the molecule is N#Cc1c(N)ncc(-c2ccccc2)c1-c1ccc(O)cc1O. The highest BCUT2D eigenvalue weighted by molar-refractivity contribution is 5.91. The second kappa shape index (κ2) is 5.70. The van der Waals surface area contributed by atoms with Crippen molar-refractivity contribution in [1.82, 2.24) is 4.98 Å². The number of phenols is 2. The van der Waals surface area contributed by atoms with Crippen molar-refractivity contribution >= 4 is 5.82 Å². The molecule has 5 nitrogen and oxygen atoms in total. The van der Waals surface area contributed by atoms with Gasteiger partial charge in [0.2, 0.25) is 0 Å². The van der Waals surface area contributed by atoms with Crippen LogP contribution in [0.5, 0.6) is 11.5 Å². The molecule has 0 amide bonds. The van der Waals surface area contributed by atoms with Crippen molar-refractivity contribution in [3.05, 3.63) is 60.3 Å². The molecule has 0 saturated carbocycles. The van der Waals surface area contributed by atoms with Gasteiger partial charge in [-0.05, 0) is 17.7 Å². The van der Waals surface area contributed by atoms with E-state index in [9.17, 15) is 15.5 Å². The number of nitrogens with zero attached hydrogens (tertiary/aromatic N) is 2. The Morgan fingerprint density at radius 3 is 2.39 bits per heavy atom. The predicted molar refractivity (Wildman–Crippen MR) is 87.6 cm³/mol. The first-order valence-corrected chi connectivity index (χ1v) is 6.88. The lowest BCUT2D eigenvalue weighted by Crippen LogP contribution is -2.00. The number of aromatic nitrogens is 1. The van der Waals surface area contributed by atoms with Crippen LogP contribution < -0.4 is 5.73 Å². The molecule has 1 heterocycles. The zero-order valence-corrected chi connectivity index (χ0v) is 12.1. The number of phenolic OH excluding ortho intramolecular Hbond substituents is 2. The van der Waals surface area contributed by atoms with Crippen LogP contribution in [0.15, 0.2) is 54.7 Å². The van der Waals surface area contributed by atoms with Gasteiger partial charge in [0.25, 0.3) is 0 Å². The minimum Gasteiger partial charge on any atom is -0.508 e. The summed E-state index contributed by atoms with van der Waals surface area (Å²) in [7, 11) is 0. The smallest absolute Gasteiger partial charge is 0.141 e. The van der Waals surface area contributed by atoms with E-state index in [-0.39, 0.29) is 22.9 Å². The lowest BCUT2D eigenvalue weighted by atomic mass is 9.92. The Morgan fingerprint density at radius 2 is 1.74 bits per heavy atom. The third kappa shape index (κ3) is 2.54. The molecular weight excluding hydrogens is 290 g/mol. The molecule has 112 valence electrons. The van der Waals surface area contributed by atoms with Gasteiger partial charge >= 0.3 is 0 Å². The van der Waals surface area contributed by atoms with Crippen LogP contribution in [0, 0.1) is 11.3 Å². The standard InChI is InChI=1S/C18H13N3O2/c19-9-14-17(13-7-6-12(22)8-16(13)23)15(10-21-18(14)20)11-4-2-1-3-5-11/h1-8,10,22-23H,(H2,20,21). The molecule has 0 atom stereocenters. The van der Waals surface area contributed by atoms with Gasteiger partial charge in [-0.3, -0.25) is 0 Å². The highest BCUT2D eigenvalue weighted by Gasteiger charge is 2.19. The van der Waals surface area contributed by atoms with Crippen LogP contribution in [0.25, 0.3) is 22.3 Å². The van der Waals surface area contributed by atoms with E-state index < -0.39 is 0 Å². The van der Waals surface area contributed by atoms with Gasteiger partial charge < -0.3 is 15.9 Å². The molecule has 3 aromatic rings. The van der Waals surface area contributed by atoms with Crippen molar-refractivity contribution < 1.29 is 10.2 Å². The molecule has 4 N–H and O–H groups in total. The highest BCUT2D eigenvalue weighted by atomic mass is 16.3. The van der Waals surface area contributed by atoms with Crippen LogP contribution in [0.4, 0.5) is 5.82 Å². The van der Waals surface area contributed by atoms with Gasteiger partial charge in [0.05, 0.1) is 0 Å². The molecule has 0 spiro atoms. The molecule has 0 radical (unpaired) electrons. The second-order valence-electron chi connectivity index (χ2n) is 4.99. The average Bonchev–Trinajstić information content (AvgIpc) is 2.55. The van der Waals surface area contributed by atoms with Crippen LogP contribution in [0.2, 0.25) is 0 Å². The van der Waals surface area contributed by atoms with E-state index in [0.717, 1.165) is 5.56 Å². The van der Waals surface area contributed by atoms with Gasteiger partial charge in [-0.1, -0.05) is 30.3 Å². The highest BCUT2D eigenvalue weighted by Crippen LogP contribution is 2.41. The van der Waals surface area contributed by atoms with Crippen molar-refractivity contribution in [2.45, 2.75) is 0 Å². The van der Waals surface area contributed by atoms with Gasteiger partial charge in [0.1, 0.15) is 28.9 Å². The van der Waals surface area contributed by atoms with E-state index in [1.807, 2.05) is 30.3 Å². The summed E-state index contributed by atoms with van der Waals surface area (Å²) in [6.07, 6.45) is 1.58. The first-order valence-electron chi connectivity index (χ1n) is 6.88. The summed E-state index contributed by atoms with van der Waals surface area (Å²) in [4.78, 5) is 4.08. The van der Waals surface area contributed by atoms with E-state index in [2.05, 4.69) is 11.1 Å². The quantitative estimate of drug-likeness (QED) is 0.674. The number of hydrogen-bond donors (Lipinski definition) is 3. The van der Waals surface area contributed by atoms with E-state index in [1.165, 1.54) is 12.1 Å². The zero-order valence-electron chi connectivity index (χ0n) is 12.1. The monoisotopic (exact) mass is 303 g/mol. The third-order valence-corrected chi connectivity index (χ3v) is 3.56. The topological polar surface area (TPSA) is 103 Å². The zero-order chi connectivity index (χ0) is 16.4. The summed E-state index contributed by atoms with van der Waals surface area (Å²) in [5.41, 5.74) is 8.44. The summed E-state index contributed by atoms with van der Waals surface area (Å²) >= 11 is 0. The van der Waals surface area contributed by atoms with Gasteiger partial charge in [-0.2, -0.15) is 5.26 Å². The first kappa shape index (κ1) is 14.4. The van der Waals surface area contributed by atoms with E-state index in [0.29, 0.717) is 16.7 Å². The van der Waals surface area contributed by atoms with Crippen LogP contribution in [-0.2, 0) is 0 Å². The minimum absolute atomic E-state index is 0.0620. The van der Waals surface area contributed by atoms with Crippen molar-refractivity contribution in [1.29, 1.82) is 5.26 Å². The molecule has 0 aliphatic carbocycles. The molecule has 1 aromatic heterocycles. The maximum atomic E-state index is 10.2. The lowest BCUT2D eigenvalue weighted by Gasteiger charge is -2.14. The van der Waals surface area contributed by atoms with Crippen molar-refractivity contribution in [3.8, 4) is 39.8 Å². The van der Waals surface area contributed by atoms with E-state index in [4.69, 9.17) is 5.73 Å². The van der Waals surface area contributed by atoms with Gasteiger partial charge in [0.15, 0.2) is 0 Å². The number of rotatable bonds is 2. The number of nitrogens with two attached hydrogens (primary N) is 1. The second-order valence-corrected chi connectivity index (χ2v) is 4.99. The van der Waals surface area contributed by atoms with Crippen LogP contribution in [-0.4, -0.2) is 15.2 Å². The summed E-state index contributed by atoms with van der Waals surface area (Å²) in [6.45, 7) is 0. The molecule has 0 unspecified atom stereocenters. The Hall–Kier alpha value is -3.52. The first-order chi connectivity index (χ1) is 11.1. The molecule has 23 heavy (non-hydrogen) atoms. The van der Waals surface area contributed by atoms with Crippen LogP contribution in [0.1, 0.15) is 5.56 Å². The number of nitrogen functional groups attached to an aromatic ring is 1. The van der Waals surface area contributed by atoms with Crippen LogP contribution in [0.3, 0.4) is 0 Å². The Balaban J connectivity index is 2.38. The molecule has 3 rings (SSSR count). The van der Waals surface area contributed by atoms with Gasteiger partial charge in [-0.25, -0.2) is 4.98 Å². The molecule has 0 aliphatic heterocycles. The number of pyridine rings is 1. The number of nitriles is 1. The maximum Gasteiger partial charge on any atom is 0.141 e. The number of benzene rings is 2. The minimum atomic E-state index is -0.135. The molecule has 0 saturated heterocycles. The normalized spacial score (nSPS) is 10.2. The van der Waals surface area contributed by atoms with Crippen molar-refractivity contribution in [2.75, 3.05) is 5.73 Å². The van der Waals surface area contributed by atoms with Gasteiger partial charge in [-0.15, -0.1) is 0 Å². The lowest BCUT2D eigenvalue weighted by molar-refractivity contribution is 0.452. The molecule has 0 bridgehead atoms. The molecule has 0 aliphatic rings. The average molecular weight is 303 g/mol. The largest absolute Gasteiger partial charge is 0.508 e. The molecular formula is C18H13N3O2. The number of hydrogen-bond acceptors (Lipinski definition) is 5. The molecule has 0 fully saturated rings. The molecule has 5 heteroatoms. The molecule has 2 aromatic carbocycles. The van der Waals surface area contributed by atoms with Gasteiger partial charge in [0, 0.05) is 29.0 Å². The maximum absolute atomic E-state index is 10.2. The summed E-state index contributed by atoms with van der Waals surface area (Å²) in [6, 6.07) is 15.7. The Morgan fingerprint density at radius 1 is 1.00 bits per heavy atom. The van der Waals surface area contributed by atoms with Crippen molar-refractivity contribution in [3.63, 3.8) is 0 Å². The van der Waals surface area contributed by atoms with Crippen LogP contribution >= 0.6 is 0 Å². The fourth-order valence-corrected chi connectivity index (χ4v) is 2.49. The Labute approximate surface area is 132 Å². The Bertz CT molecular complexity index is 916. The number of aromatic hydroxyl groups is 2. The summed E-state index contributed by atoms with van der Waals surface area (Å²) < 4.78 is 0. The summed E-state index contributed by atoms with van der Waals surface area (Å²) in [5, 5.41) is 29.2. The van der Waals surface area contributed by atoms with E-state index in [1.54, 1.807) is 12.3 Å². The predicted octanol–water partition coefficient (Wildman–Crippen LogP) is 3.28. The summed E-state index contributed by atoms with van der Waals surface area (Å²) in [5.74, 6) is -0.105. The van der Waals surface area contributed by atoms with E-state index >= 15 is 0 Å². The fourth-order valence-electron chi connectivity index (χ4n) is 2.49. The fraction of sp³-hybridized carbons (Fsp3) is 0. The third-order valence-electron chi connectivity index (χ3n) is 3.56. The van der Waals surface area contributed by atoms with Crippen molar-refractivity contribution in [2.24, 2.45) is 0 Å².